The molecule has 0 aromatic carbocycles. The van der Waals surface area contributed by atoms with E-state index in [4.69, 9.17) is 5.73 Å². The van der Waals surface area contributed by atoms with Gasteiger partial charge in [-0.25, -0.2) is 4.98 Å². The van der Waals surface area contributed by atoms with E-state index in [-0.39, 0.29) is 16.3 Å². The molecule has 1 fully saturated rings. The van der Waals surface area contributed by atoms with E-state index in [1.165, 1.54) is 18.0 Å². The maximum absolute atomic E-state index is 11.9. The lowest BCUT2D eigenvalue weighted by Crippen LogP contribution is -2.52. The lowest BCUT2D eigenvalue weighted by Gasteiger charge is -2.38. The van der Waals surface area contributed by atoms with Crippen molar-refractivity contribution in [1.29, 1.82) is 0 Å². The number of hydrogen-bond donors (Lipinski definition) is 1. The lowest BCUT2D eigenvalue weighted by atomic mass is 10.1. The van der Waals surface area contributed by atoms with Crippen LogP contribution < -0.4 is 5.73 Å². The Morgan fingerprint density at radius 2 is 2.18 bits per heavy atom. The van der Waals surface area contributed by atoms with Crippen molar-refractivity contribution in [2.24, 2.45) is 0 Å². The van der Waals surface area contributed by atoms with Crippen molar-refractivity contribution in [2.75, 3.05) is 18.8 Å². The second-order valence-corrected chi connectivity index (χ2v) is 5.39. The molecule has 2 rings (SSSR count). The summed E-state index contributed by atoms with van der Waals surface area (Å²) < 4.78 is 0. The quantitative estimate of drug-likeness (QED) is 0.840. The maximum atomic E-state index is 11.9. The van der Waals surface area contributed by atoms with E-state index < -0.39 is 0 Å². The van der Waals surface area contributed by atoms with Crippen molar-refractivity contribution in [1.82, 2.24) is 9.88 Å². The normalized spacial score (nSPS) is 15.5. The van der Waals surface area contributed by atoms with Crippen LogP contribution in [0.15, 0.2) is 18.3 Å². The summed E-state index contributed by atoms with van der Waals surface area (Å²) in [4.78, 5) is 28.4. The monoisotopic (exact) mass is 251 g/mol. The SMILES string of the molecule is CC(=O)SC1CN(C(=O)c2ccc(N)nc2)C1. The first kappa shape index (κ1) is 11.9. The van der Waals surface area contributed by atoms with Gasteiger partial charge in [-0.3, -0.25) is 9.59 Å². The molecule has 2 N–H and O–H groups in total. The third kappa shape index (κ3) is 2.76. The number of likely N-dealkylation sites (tertiary alicyclic amines) is 1. The number of thioether (sulfide) groups is 1. The average molecular weight is 251 g/mol. The number of carbonyl (C=O) groups excluding carboxylic acids is 2. The summed E-state index contributed by atoms with van der Waals surface area (Å²) in [6.07, 6.45) is 1.48. The second kappa shape index (κ2) is 4.75. The molecule has 1 aromatic heterocycles. The minimum atomic E-state index is -0.0575. The van der Waals surface area contributed by atoms with Crippen LogP contribution in [-0.2, 0) is 4.79 Å². The topological polar surface area (TPSA) is 76.3 Å². The summed E-state index contributed by atoms with van der Waals surface area (Å²) in [6, 6.07) is 3.27. The Morgan fingerprint density at radius 3 is 2.71 bits per heavy atom. The molecule has 0 radical (unpaired) electrons. The molecule has 0 unspecified atom stereocenters. The van der Waals surface area contributed by atoms with E-state index in [0.717, 1.165) is 0 Å². The van der Waals surface area contributed by atoms with Gasteiger partial charge in [-0.15, -0.1) is 0 Å². The third-order valence-electron chi connectivity index (χ3n) is 2.50. The number of carbonyl (C=O) groups is 2. The number of aromatic nitrogens is 1. The predicted molar refractivity (Wildman–Crippen MR) is 66.6 cm³/mol. The number of pyridine rings is 1. The van der Waals surface area contributed by atoms with Crippen molar-refractivity contribution < 1.29 is 9.59 Å². The van der Waals surface area contributed by atoms with Gasteiger partial charge in [0.15, 0.2) is 5.12 Å². The highest BCUT2D eigenvalue weighted by Gasteiger charge is 2.32. The van der Waals surface area contributed by atoms with E-state index in [0.29, 0.717) is 24.5 Å². The highest BCUT2D eigenvalue weighted by atomic mass is 32.2. The Labute approximate surface area is 103 Å². The molecule has 5 nitrogen and oxygen atoms in total. The molecule has 0 bridgehead atoms. The van der Waals surface area contributed by atoms with Crippen LogP contribution in [0.2, 0.25) is 0 Å². The summed E-state index contributed by atoms with van der Waals surface area (Å²) in [6.45, 7) is 2.78. The Balaban J connectivity index is 1.91. The van der Waals surface area contributed by atoms with E-state index >= 15 is 0 Å². The fourth-order valence-electron chi connectivity index (χ4n) is 1.63. The molecule has 1 amide bonds. The first-order valence-electron chi connectivity index (χ1n) is 5.24. The fourth-order valence-corrected chi connectivity index (χ4v) is 2.61. The zero-order valence-corrected chi connectivity index (χ0v) is 10.2. The molecular formula is C11H13N3O2S. The fraction of sp³-hybridized carbons (Fsp3) is 0.364. The van der Waals surface area contributed by atoms with E-state index in [9.17, 15) is 9.59 Å². The number of nitrogen functional groups attached to an aromatic ring is 1. The standard InChI is InChI=1S/C11H13N3O2S/c1-7(15)17-9-5-14(6-9)11(16)8-2-3-10(12)13-4-8/h2-4,9H,5-6H2,1H3,(H2,12,13). The maximum Gasteiger partial charge on any atom is 0.255 e. The van der Waals surface area contributed by atoms with Crippen LogP contribution in [0.4, 0.5) is 5.82 Å². The van der Waals surface area contributed by atoms with Crippen molar-refractivity contribution >= 4 is 28.6 Å². The van der Waals surface area contributed by atoms with Gasteiger partial charge >= 0.3 is 0 Å². The van der Waals surface area contributed by atoms with E-state index in [2.05, 4.69) is 4.98 Å². The molecule has 0 aliphatic carbocycles. The van der Waals surface area contributed by atoms with Crippen LogP contribution in [-0.4, -0.2) is 39.2 Å². The van der Waals surface area contributed by atoms with Gasteiger partial charge in [0.25, 0.3) is 5.91 Å². The first-order chi connectivity index (χ1) is 8.06. The number of hydrogen-bond acceptors (Lipinski definition) is 5. The lowest BCUT2D eigenvalue weighted by molar-refractivity contribution is -0.109. The third-order valence-corrected chi connectivity index (χ3v) is 3.46. The van der Waals surface area contributed by atoms with Gasteiger partial charge in [-0.1, -0.05) is 11.8 Å². The van der Waals surface area contributed by atoms with Crippen molar-refractivity contribution in [3.05, 3.63) is 23.9 Å². The number of nitrogens with zero attached hydrogens (tertiary/aromatic N) is 2. The largest absolute Gasteiger partial charge is 0.384 e. The van der Waals surface area contributed by atoms with Crippen LogP contribution in [0.5, 0.6) is 0 Å². The Morgan fingerprint density at radius 1 is 1.47 bits per heavy atom. The van der Waals surface area contributed by atoms with Crippen LogP contribution in [0.1, 0.15) is 17.3 Å². The summed E-state index contributed by atoms with van der Waals surface area (Å²) >= 11 is 1.29. The molecule has 2 heterocycles. The van der Waals surface area contributed by atoms with Gasteiger partial charge < -0.3 is 10.6 Å². The number of amides is 1. The molecule has 90 valence electrons. The van der Waals surface area contributed by atoms with Crippen LogP contribution in [0.25, 0.3) is 0 Å². The summed E-state index contributed by atoms with van der Waals surface area (Å²) in [7, 11) is 0. The van der Waals surface area contributed by atoms with Gasteiger partial charge in [0, 0.05) is 31.5 Å². The van der Waals surface area contributed by atoms with Gasteiger partial charge in [0.2, 0.25) is 0 Å². The number of nitrogens with two attached hydrogens (primary N) is 1. The Bertz CT molecular complexity index is 441. The van der Waals surface area contributed by atoms with Crippen molar-refractivity contribution in [3.8, 4) is 0 Å². The molecule has 1 saturated heterocycles. The zero-order chi connectivity index (χ0) is 12.4. The van der Waals surface area contributed by atoms with Crippen LogP contribution in [0, 0.1) is 0 Å². The molecule has 6 heteroatoms. The summed E-state index contributed by atoms with van der Waals surface area (Å²) in [5, 5.41) is 0.328. The molecule has 1 aliphatic heterocycles. The predicted octanol–water partition coefficient (Wildman–Crippen LogP) is 0.768. The molecule has 0 saturated carbocycles. The number of rotatable bonds is 2. The zero-order valence-electron chi connectivity index (χ0n) is 9.42. The first-order valence-corrected chi connectivity index (χ1v) is 6.12. The average Bonchev–Trinajstić information content (AvgIpc) is 2.23. The minimum Gasteiger partial charge on any atom is -0.384 e. The molecular weight excluding hydrogens is 238 g/mol. The minimum absolute atomic E-state index is 0.0575. The van der Waals surface area contributed by atoms with E-state index in [1.807, 2.05) is 0 Å². The highest BCUT2D eigenvalue weighted by molar-refractivity contribution is 8.14. The van der Waals surface area contributed by atoms with Crippen molar-refractivity contribution in [2.45, 2.75) is 12.2 Å². The van der Waals surface area contributed by atoms with Gasteiger partial charge in [0.1, 0.15) is 5.82 Å². The Kier molecular flexibility index (Phi) is 3.33. The molecule has 1 aromatic rings. The number of anilines is 1. The van der Waals surface area contributed by atoms with Crippen molar-refractivity contribution in [3.63, 3.8) is 0 Å². The second-order valence-electron chi connectivity index (χ2n) is 3.91. The van der Waals surface area contributed by atoms with Crippen LogP contribution >= 0.6 is 11.8 Å². The van der Waals surface area contributed by atoms with Crippen LogP contribution in [0.3, 0.4) is 0 Å². The Hall–Kier alpha value is -1.56. The smallest absolute Gasteiger partial charge is 0.255 e. The summed E-state index contributed by atoms with van der Waals surface area (Å²) in [5.41, 5.74) is 5.98. The molecule has 0 atom stereocenters. The highest BCUT2D eigenvalue weighted by Crippen LogP contribution is 2.24. The van der Waals surface area contributed by atoms with Gasteiger partial charge in [-0.05, 0) is 12.1 Å². The van der Waals surface area contributed by atoms with Gasteiger partial charge in [0.05, 0.1) is 5.56 Å². The molecule has 1 aliphatic rings. The van der Waals surface area contributed by atoms with E-state index in [1.54, 1.807) is 24.0 Å². The molecule has 17 heavy (non-hydrogen) atoms. The molecule has 0 spiro atoms. The van der Waals surface area contributed by atoms with Gasteiger partial charge in [-0.2, -0.15) is 0 Å². The summed E-state index contributed by atoms with van der Waals surface area (Å²) in [5.74, 6) is 0.341.